The smallest absolute Gasteiger partial charge is 0.416 e. The first kappa shape index (κ1) is 20.3. The lowest BCUT2D eigenvalue weighted by Crippen LogP contribution is -2.15. The monoisotopic (exact) mass is 406 g/mol. The molecule has 2 aromatic heterocycles. The largest absolute Gasteiger partial charge is 0.481 e. The summed E-state index contributed by atoms with van der Waals surface area (Å²) < 4.78 is 55.5. The van der Waals surface area contributed by atoms with Crippen LogP contribution in [0.1, 0.15) is 22.9 Å². The lowest BCUT2D eigenvalue weighted by Gasteiger charge is -2.19. The molecule has 10 heteroatoms. The fourth-order valence-corrected chi connectivity index (χ4v) is 2.54. The van der Waals surface area contributed by atoms with Crippen molar-refractivity contribution < 1.29 is 27.4 Å². The van der Waals surface area contributed by atoms with Crippen LogP contribution in [0.5, 0.6) is 17.8 Å². The standard InChI is InChI=1S/C19H17F3N4O3/c1-27-16-10-17(28-2)26-18(25-16)29-15(9-14-6-7-23-11-24-14)12-4-3-5-13(8-12)19(20,21)22/h3-8,10-11,15H,9H2,1-2H3. The second-order valence-electron chi connectivity index (χ2n) is 5.87. The minimum absolute atomic E-state index is 0.0994. The first-order chi connectivity index (χ1) is 13.9. The maximum absolute atomic E-state index is 13.2. The van der Waals surface area contributed by atoms with Gasteiger partial charge in [-0.2, -0.15) is 23.1 Å². The topological polar surface area (TPSA) is 79.2 Å². The van der Waals surface area contributed by atoms with Gasteiger partial charge in [0.15, 0.2) is 0 Å². The van der Waals surface area contributed by atoms with E-state index in [2.05, 4.69) is 19.9 Å². The lowest BCUT2D eigenvalue weighted by molar-refractivity contribution is -0.137. The highest BCUT2D eigenvalue weighted by Gasteiger charge is 2.31. The van der Waals surface area contributed by atoms with E-state index in [0.29, 0.717) is 11.3 Å². The minimum Gasteiger partial charge on any atom is -0.481 e. The van der Waals surface area contributed by atoms with Gasteiger partial charge >= 0.3 is 12.2 Å². The molecule has 0 N–H and O–H groups in total. The molecule has 0 aliphatic heterocycles. The van der Waals surface area contributed by atoms with Crippen molar-refractivity contribution in [1.29, 1.82) is 0 Å². The van der Waals surface area contributed by atoms with Gasteiger partial charge in [-0.25, -0.2) is 9.97 Å². The molecule has 0 fully saturated rings. The molecular weight excluding hydrogens is 389 g/mol. The zero-order valence-electron chi connectivity index (χ0n) is 15.6. The summed E-state index contributed by atoms with van der Waals surface area (Å²) in [7, 11) is 2.83. The number of aromatic nitrogens is 4. The number of halogens is 3. The van der Waals surface area contributed by atoms with Crippen molar-refractivity contribution >= 4 is 0 Å². The van der Waals surface area contributed by atoms with E-state index in [1.807, 2.05) is 0 Å². The highest BCUT2D eigenvalue weighted by atomic mass is 19.4. The molecule has 0 radical (unpaired) electrons. The van der Waals surface area contributed by atoms with E-state index in [9.17, 15) is 13.2 Å². The van der Waals surface area contributed by atoms with E-state index in [4.69, 9.17) is 14.2 Å². The van der Waals surface area contributed by atoms with Crippen molar-refractivity contribution in [3.8, 4) is 17.8 Å². The van der Waals surface area contributed by atoms with Crippen LogP contribution >= 0.6 is 0 Å². The Morgan fingerprint density at radius 2 is 1.72 bits per heavy atom. The summed E-state index contributed by atoms with van der Waals surface area (Å²) in [4.78, 5) is 16.1. The Labute approximate surface area is 164 Å². The van der Waals surface area contributed by atoms with Crippen molar-refractivity contribution in [3.05, 3.63) is 65.7 Å². The third-order valence-electron chi connectivity index (χ3n) is 3.95. The summed E-state index contributed by atoms with van der Waals surface area (Å²) in [5, 5.41) is 0. The molecule has 7 nitrogen and oxygen atoms in total. The Morgan fingerprint density at radius 3 is 2.31 bits per heavy atom. The van der Waals surface area contributed by atoms with Crippen LogP contribution in [0.3, 0.4) is 0 Å². The molecule has 152 valence electrons. The van der Waals surface area contributed by atoms with Gasteiger partial charge < -0.3 is 14.2 Å². The minimum atomic E-state index is -4.48. The molecule has 1 aromatic carbocycles. The lowest BCUT2D eigenvalue weighted by atomic mass is 10.0. The van der Waals surface area contributed by atoms with Gasteiger partial charge in [0, 0.05) is 18.3 Å². The normalized spacial score (nSPS) is 12.3. The van der Waals surface area contributed by atoms with Crippen molar-refractivity contribution in [1.82, 2.24) is 19.9 Å². The van der Waals surface area contributed by atoms with Crippen molar-refractivity contribution in [3.63, 3.8) is 0 Å². The van der Waals surface area contributed by atoms with Crippen LogP contribution in [-0.2, 0) is 12.6 Å². The maximum atomic E-state index is 13.2. The van der Waals surface area contributed by atoms with E-state index in [-0.39, 0.29) is 24.2 Å². The predicted octanol–water partition coefficient (Wildman–Crippen LogP) is 3.67. The van der Waals surface area contributed by atoms with Gasteiger partial charge in [0.25, 0.3) is 0 Å². The van der Waals surface area contributed by atoms with E-state index >= 15 is 0 Å². The Hall–Kier alpha value is -3.43. The Bertz CT molecular complexity index is 933. The summed E-state index contributed by atoms with van der Waals surface area (Å²) in [6, 6.07) is 7.89. The highest BCUT2D eigenvalue weighted by molar-refractivity contribution is 5.29. The zero-order valence-corrected chi connectivity index (χ0v) is 15.6. The van der Waals surface area contributed by atoms with Crippen LogP contribution in [0.4, 0.5) is 13.2 Å². The number of alkyl halides is 3. The van der Waals surface area contributed by atoms with Crippen molar-refractivity contribution in [2.75, 3.05) is 14.2 Å². The van der Waals surface area contributed by atoms with Crippen LogP contribution in [-0.4, -0.2) is 34.2 Å². The number of hydrogen-bond acceptors (Lipinski definition) is 7. The highest BCUT2D eigenvalue weighted by Crippen LogP contribution is 2.33. The van der Waals surface area contributed by atoms with Crippen LogP contribution < -0.4 is 14.2 Å². The molecule has 3 rings (SSSR count). The average molecular weight is 406 g/mol. The molecule has 3 aromatic rings. The molecule has 0 spiro atoms. The molecule has 0 aliphatic carbocycles. The molecule has 0 saturated carbocycles. The Kier molecular flexibility index (Phi) is 6.10. The first-order valence-corrected chi connectivity index (χ1v) is 8.45. The third kappa shape index (κ3) is 5.31. The van der Waals surface area contributed by atoms with Crippen LogP contribution in [0.15, 0.2) is 48.9 Å². The second-order valence-corrected chi connectivity index (χ2v) is 5.87. The van der Waals surface area contributed by atoms with Crippen LogP contribution in [0.25, 0.3) is 0 Å². The van der Waals surface area contributed by atoms with Crippen molar-refractivity contribution in [2.45, 2.75) is 18.7 Å². The average Bonchev–Trinajstić information content (AvgIpc) is 2.73. The fourth-order valence-electron chi connectivity index (χ4n) is 2.54. The third-order valence-corrected chi connectivity index (χ3v) is 3.95. The SMILES string of the molecule is COc1cc(OC)nc(OC(Cc2ccncn2)c2cccc(C(F)(F)F)c2)n1. The van der Waals surface area contributed by atoms with Gasteiger partial charge in [-0.05, 0) is 23.8 Å². The number of methoxy groups -OCH3 is 2. The summed E-state index contributed by atoms with van der Waals surface area (Å²) in [5.74, 6) is 0.383. The predicted molar refractivity (Wildman–Crippen MR) is 95.7 cm³/mol. The van der Waals surface area contributed by atoms with Gasteiger partial charge in [-0.1, -0.05) is 12.1 Å². The molecule has 2 heterocycles. The summed E-state index contributed by atoms with van der Waals surface area (Å²) >= 11 is 0. The van der Waals surface area contributed by atoms with E-state index < -0.39 is 17.8 Å². The van der Waals surface area contributed by atoms with E-state index in [1.165, 1.54) is 38.9 Å². The van der Waals surface area contributed by atoms with Gasteiger partial charge in [-0.15, -0.1) is 0 Å². The van der Waals surface area contributed by atoms with E-state index in [1.54, 1.807) is 12.1 Å². The van der Waals surface area contributed by atoms with Gasteiger partial charge in [0.05, 0.1) is 25.8 Å². The first-order valence-electron chi connectivity index (χ1n) is 8.45. The summed E-state index contributed by atoms with van der Waals surface area (Å²) in [6.07, 6.45) is -2.26. The molecule has 0 saturated heterocycles. The van der Waals surface area contributed by atoms with Gasteiger partial charge in [0.1, 0.15) is 12.4 Å². The molecule has 29 heavy (non-hydrogen) atoms. The van der Waals surface area contributed by atoms with Crippen molar-refractivity contribution in [2.24, 2.45) is 0 Å². The van der Waals surface area contributed by atoms with Crippen LogP contribution in [0, 0.1) is 0 Å². The molecule has 1 atom stereocenters. The van der Waals surface area contributed by atoms with Gasteiger partial charge in [-0.3, -0.25) is 0 Å². The summed E-state index contributed by atoms with van der Waals surface area (Å²) in [5.41, 5.74) is 0.0940. The molecular formula is C19H17F3N4O3. The number of rotatable bonds is 7. The fraction of sp³-hybridized carbons (Fsp3) is 0.263. The van der Waals surface area contributed by atoms with Gasteiger partial charge in [0.2, 0.25) is 11.8 Å². The number of nitrogens with zero attached hydrogens (tertiary/aromatic N) is 4. The number of ether oxygens (including phenoxy) is 3. The molecule has 0 aliphatic rings. The second kappa shape index (κ2) is 8.72. The number of hydrogen-bond donors (Lipinski definition) is 0. The molecule has 1 unspecified atom stereocenters. The quantitative estimate of drug-likeness (QED) is 0.592. The summed E-state index contributed by atoms with van der Waals surface area (Å²) in [6.45, 7) is 0. The maximum Gasteiger partial charge on any atom is 0.416 e. The molecule has 0 bridgehead atoms. The Balaban J connectivity index is 1.98. The zero-order chi connectivity index (χ0) is 20.9. The molecule has 0 amide bonds. The van der Waals surface area contributed by atoms with E-state index in [0.717, 1.165) is 12.1 Å². The number of benzene rings is 1. The van der Waals surface area contributed by atoms with Crippen LogP contribution in [0.2, 0.25) is 0 Å². The Morgan fingerprint density at radius 1 is 1.00 bits per heavy atom.